The summed E-state index contributed by atoms with van der Waals surface area (Å²) < 4.78 is 0. The molecule has 0 atom stereocenters. The number of phenols is 1. The zero-order chi connectivity index (χ0) is 14.1. The van der Waals surface area contributed by atoms with Crippen LogP contribution < -0.4 is 10.6 Å². The third-order valence-corrected chi connectivity index (χ3v) is 3.91. The quantitative estimate of drug-likeness (QED) is 0.649. The van der Waals surface area contributed by atoms with Gasteiger partial charge < -0.3 is 15.7 Å². The Bertz CT molecular complexity index is 637. The van der Waals surface area contributed by atoms with Gasteiger partial charge in [0.1, 0.15) is 5.75 Å². The first-order valence-corrected chi connectivity index (χ1v) is 7.05. The molecule has 0 radical (unpaired) electrons. The topological polar surface area (TPSA) is 49.5 Å². The van der Waals surface area contributed by atoms with E-state index >= 15 is 0 Å². The van der Waals surface area contributed by atoms with Gasteiger partial charge in [0, 0.05) is 30.0 Å². The molecule has 3 nitrogen and oxygen atoms in total. The zero-order valence-corrected chi connectivity index (χ0v) is 11.8. The minimum Gasteiger partial charge on any atom is -0.508 e. The molecule has 0 amide bonds. The summed E-state index contributed by atoms with van der Waals surface area (Å²) in [6.07, 6.45) is 2.29. The van der Waals surface area contributed by atoms with Crippen LogP contribution in [0.2, 0.25) is 0 Å². The monoisotopic (exact) mass is 268 g/mol. The molecule has 104 valence electrons. The van der Waals surface area contributed by atoms with Crippen LogP contribution in [0.5, 0.6) is 5.75 Å². The molecule has 20 heavy (non-hydrogen) atoms. The maximum atomic E-state index is 9.98. The molecule has 1 aliphatic heterocycles. The van der Waals surface area contributed by atoms with Crippen LogP contribution in [0.4, 0.5) is 11.4 Å². The van der Waals surface area contributed by atoms with Crippen molar-refractivity contribution < 1.29 is 5.11 Å². The van der Waals surface area contributed by atoms with E-state index < -0.39 is 0 Å². The SMILES string of the molecule is Cc1ccc2c(c1)CCCN2Cc1cc(N)ccc1O. The van der Waals surface area contributed by atoms with Crippen molar-refractivity contribution in [1.82, 2.24) is 0 Å². The normalized spacial score (nSPS) is 14.2. The summed E-state index contributed by atoms with van der Waals surface area (Å²) in [6, 6.07) is 11.9. The standard InChI is InChI=1S/C17H20N2O/c1-12-4-6-16-13(9-12)3-2-8-19(16)11-14-10-15(18)5-7-17(14)20/h4-7,9-10,20H,2-3,8,11,18H2,1H3. The predicted octanol–water partition coefficient (Wildman–Crippen LogP) is 3.24. The molecule has 0 bridgehead atoms. The Morgan fingerprint density at radius 1 is 1.20 bits per heavy atom. The lowest BCUT2D eigenvalue weighted by molar-refractivity contribution is 0.467. The van der Waals surface area contributed by atoms with Crippen LogP contribution in [-0.4, -0.2) is 11.7 Å². The summed E-state index contributed by atoms with van der Waals surface area (Å²) in [6.45, 7) is 3.85. The number of anilines is 2. The van der Waals surface area contributed by atoms with Crippen molar-refractivity contribution in [3.05, 3.63) is 53.1 Å². The molecular weight excluding hydrogens is 248 g/mol. The van der Waals surface area contributed by atoms with E-state index in [0.29, 0.717) is 18.0 Å². The highest BCUT2D eigenvalue weighted by Crippen LogP contribution is 2.31. The number of fused-ring (bicyclic) bond motifs is 1. The average molecular weight is 268 g/mol. The van der Waals surface area contributed by atoms with Gasteiger partial charge >= 0.3 is 0 Å². The third kappa shape index (κ3) is 2.44. The van der Waals surface area contributed by atoms with Crippen molar-refractivity contribution in [2.75, 3.05) is 17.2 Å². The first-order chi connectivity index (χ1) is 9.63. The second-order valence-corrected chi connectivity index (χ2v) is 5.55. The van der Waals surface area contributed by atoms with Crippen LogP contribution in [0.15, 0.2) is 36.4 Å². The summed E-state index contributed by atoms with van der Waals surface area (Å²) in [5.41, 5.74) is 11.4. The lowest BCUT2D eigenvalue weighted by Crippen LogP contribution is -2.28. The van der Waals surface area contributed by atoms with Gasteiger partial charge in [-0.1, -0.05) is 17.7 Å². The first-order valence-electron chi connectivity index (χ1n) is 7.05. The van der Waals surface area contributed by atoms with Crippen LogP contribution in [0.25, 0.3) is 0 Å². The van der Waals surface area contributed by atoms with Gasteiger partial charge in [-0.25, -0.2) is 0 Å². The van der Waals surface area contributed by atoms with E-state index in [4.69, 9.17) is 5.73 Å². The minimum atomic E-state index is 0.318. The van der Waals surface area contributed by atoms with Gasteiger partial charge in [-0.15, -0.1) is 0 Å². The van der Waals surface area contributed by atoms with Crippen LogP contribution in [-0.2, 0) is 13.0 Å². The highest BCUT2D eigenvalue weighted by atomic mass is 16.3. The molecule has 2 aromatic rings. The number of phenolic OH excluding ortho intramolecular Hbond substituents is 1. The van der Waals surface area contributed by atoms with Crippen LogP contribution in [0.1, 0.15) is 23.1 Å². The number of nitrogens with two attached hydrogens (primary N) is 1. The van der Waals surface area contributed by atoms with Crippen molar-refractivity contribution >= 4 is 11.4 Å². The molecule has 0 aliphatic carbocycles. The summed E-state index contributed by atoms with van der Waals surface area (Å²) in [4.78, 5) is 2.33. The lowest BCUT2D eigenvalue weighted by atomic mass is 9.99. The molecule has 3 rings (SSSR count). The number of nitrogens with zero attached hydrogens (tertiary/aromatic N) is 1. The van der Waals surface area contributed by atoms with E-state index in [1.807, 2.05) is 6.07 Å². The Balaban J connectivity index is 1.91. The predicted molar refractivity (Wildman–Crippen MR) is 83.1 cm³/mol. The van der Waals surface area contributed by atoms with E-state index in [9.17, 15) is 5.11 Å². The van der Waals surface area contributed by atoms with Gasteiger partial charge in [-0.2, -0.15) is 0 Å². The molecule has 0 saturated heterocycles. The van der Waals surface area contributed by atoms with Crippen molar-refractivity contribution in [2.24, 2.45) is 0 Å². The number of nitrogen functional groups attached to an aromatic ring is 1. The highest BCUT2D eigenvalue weighted by Gasteiger charge is 2.18. The van der Waals surface area contributed by atoms with E-state index in [-0.39, 0.29) is 0 Å². The Morgan fingerprint density at radius 3 is 2.90 bits per heavy atom. The largest absolute Gasteiger partial charge is 0.508 e. The van der Waals surface area contributed by atoms with Gasteiger partial charge in [0.25, 0.3) is 0 Å². The molecular formula is C17H20N2O. The molecule has 1 heterocycles. The van der Waals surface area contributed by atoms with Gasteiger partial charge in [0.2, 0.25) is 0 Å². The lowest BCUT2D eigenvalue weighted by Gasteiger charge is -2.32. The summed E-state index contributed by atoms with van der Waals surface area (Å²) in [5, 5.41) is 9.98. The Kier molecular flexibility index (Phi) is 3.26. The smallest absolute Gasteiger partial charge is 0.120 e. The van der Waals surface area contributed by atoms with Crippen molar-refractivity contribution in [2.45, 2.75) is 26.3 Å². The molecule has 0 fully saturated rings. The number of rotatable bonds is 2. The molecule has 0 spiro atoms. The molecule has 0 saturated carbocycles. The van der Waals surface area contributed by atoms with Gasteiger partial charge in [0.15, 0.2) is 0 Å². The van der Waals surface area contributed by atoms with Crippen LogP contribution in [0.3, 0.4) is 0 Å². The van der Waals surface area contributed by atoms with Crippen LogP contribution >= 0.6 is 0 Å². The second kappa shape index (κ2) is 5.08. The average Bonchev–Trinajstić information content (AvgIpc) is 2.43. The maximum absolute atomic E-state index is 9.98. The summed E-state index contributed by atoms with van der Waals surface area (Å²) in [7, 11) is 0. The van der Waals surface area contributed by atoms with Gasteiger partial charge in [0.05, 0.1) is 0 Å². The molecule has 3 heteroatoms. The van der Waals surface area contributed by atoms with E-state index in [0.717, 1.165) is 24.9 Å². The third-order valence-electron chi connectivity index (χ3n) is 3.91. The Labute approximate surface area is 119 Å². The summed E-state index contributed by atoms with van der Waals surface area (Å²) in [5.74, 6) is 0.318. The summed E-state index contributed by atoms with van der Waals surface area (Å²) >= 11 is 0. The highest BCUT2D eigenvalue weighted by molar-refractivity contribution is 5.58. The van der Waals surface area contributed by atoms with Gasteiger partial charge in [-0.3, -0.25) is 0 Å². The number of aromatic hydroxyl groups is 1. The fourth-order valence-corrected chi connectivity index (χ4v) is 2.91. The zero-order valence-electron chi connectivity index (χ0n) is 11.8. The minimum absolute atomic E-state index is 0.318. The molecule has 2 aromatic carbocycles. The molecule has 3 N–H and O–H groups in total. The van der Waals surface area contributed by atoms with E-state index in [1.54, 1.807) is 12.1 Å². The van der Waals surface area contributed by atoms with Crippen LogP contribution in [0, 0.1) is 6.92 Å². The Morgan fingerprint density at radius 2 is 2.05 bits per heavy atom. The Hall–Kier alpha value is -2.16. The fourth-order valence-electron chi connectivity index (χ4n) is 2.91. The van der Waals surface area contributed by atoms with E-state index in [1.165, 1.54) is 16.8 Å². The van der Waals surface area contributed by atoms with Crippen molar-refractivity contribution in [3.8, 4) is 5.75 Å². The number of hydrogen-bond donors (Lipinski definition) is 2. The van der Waals surface area contributed by atoms with Crippen molar-refractivity contribution in [1.29, 1.82) is 0 Å². The number of benzene rings is 2. The maximum Gasteiger partial charge on any atom is 0.120 e. The molecule has 0 aromatic heterocycles. The molecule has 1 aliphatic rings. The van der Waals surface area contributed by atoms with Gasteiger partial charge in [-0.05, 0) is 49.6 Å². The van der Waals surface area contributed by atoms with E-state index in [2.05, 4.69) is 30.0 Å². The first kappa shape index (κ1) is 12.9. The second-order valence-electron chi connectivity index (χ2n) is 5.55. The number of aryl methyl sites for hydroxylation is 2. The number of hydrogen-bond acceptors (Lipinski definition) is 3. The molecule has 0 unspecified atom stereocenters. The fraction of sp³-hybridized carbons (Fsp3) is 0.294. The van der Waals surface area contributed by atoms with Crippen molar-refractivity contribution in [3.63, 3.8) is 0 Å².